The summed E-state index contributed by atoms with van der Waals surface area (Å²) in [6, 6.07) is 0.386. The van der Waals surface area contributed by atoms with E-state index in [1.54, 1.807) is 0 Å². The molecule has 0 radical (unpaired) electrons. The van der Waals surface area contributed by atoms with Gasteiger partial charge in [0.2, 0.25) is 0 Å². The van der Waals surface area contributed by atoms with Crippen LogP contribution in [0.3, 0.4) is 0 Å². The molecule has 0 aliphatic heterocycles. The molecule has 0 heterocycles. The Labute approximate surface area is 106 Å². The van der Waals surface area contributed by atoms with Crippen LogP contribution in [0.25, 0.3) is 0 Å². The largest absolute Gasteiger partial charge is 0.313 e. The number of hydrogen-bond acceptors (Lipinski definition) is 3. The molecule has 1 atom stereocenters. The van der Waals surface area contributed by atoms with Gasteiger partial charge in [-0.15, -0.1) is 0 Å². The lowest BCUT2D eigenvalue weighted by atomic mass is 10.1. The van der Waals surface area contributed by atoms with E-state index in [9.17, 15) is 8.42 Å². The van der Waals surface area contributed by atoms with Gasteiger partial charge in [-0.25, -0.2) is 8.42 Å². The van der Waals surface area contributed by atoms with Gasteiger partial charge >= 0.3 is 0 Å². The van der Waals surface area contributed by atoms with E-state index in [0.29, 0.717) is 35.9 Å². The normalized spacial score (nSPS) is 20.0. The van der Waals surface area contributed by atoms with Crippen LogP contribution in [0.2, 0.25) is 0 Å². The molecule has 1 unspecified atom stereocenters. The fraction of sp³-hybridized carbons (Fsp3) is 1.00. The molecule has 4 heteroatoms. The van der Waals surface area contributed by atoms with Crippen molar-refractivity contribution >= 4 is 9.84 Å². The van der Waals surface area contributed by atoms with Crippen molar-refractivity contribution in [1.29, 1.82) is 0 Å². The fourth-order valence-electron chi connectivity index (χ4n) is 2.30. The van der Waals surface area contributed by atoms with Crippen LogP contribution in [-0.4, -0.2) is 32.5 Å². The van der Waals surface area contributed by atoms with Crippen molar-refractivity contribution in [3.8, 4) is 0 Å². The summed E-state index contributed by atoms with van der Waals surface area (Å²) in [6.07, 6.45) is 4.63. The van der Waals surface area contributed by atoms with E-state index in [-0.39, 0.29) is 0 Å². The third-order valence-corrected chi connectivity index (χ3v) is 5.65. The first-order valence-corrected chi connectivity index (χ1v) is 8.66. The minimum absolute atomic E-state index is 0.292. The van der Waals surface area contributed by atoms with E-state index in [1.165, 1.54) is 12.8 Å². The smallest absolute Gasteiger partial charge is 0.151 e. The molecular formula is C13H27NO2S. The minimum atomic E-state index is -2.85. The van der Waals surface area contributed by atoms with Crippen molar-refractivity contribution < 1.29 is 8.42 Å². The number of nitrogens with one attached hydrogen (secondary N) is 1. The zero-order chi connectivity index (χ0) is 12.9. The molecule has 0 spiro atoms. The van der Waals surface area contributed by atoms with Crippen molar-refractivity contribution in [3.63, 3.8) is 0 Å². The lowest BCUT2D eigenvalue weighted by Gasteiger charge is -2.17. The van der Waals surface area contributed by atoms with Crippen molar-refractivity contribution in [3.05, 3.63) is 0 Å². The van der Waals surface area contributed by atoms with E-state index in [4.69, 9.17) is 0 Å². The van der Waals surface area contributed by atoms with Crippen LogP contribution < -0.4 is 5.32 Å². The molecule has 1 N–H and O–H groups in total. The molecule has 0 aromatic carbocycles. The second-order valence-electron chi connectivity index (χ2n) is 5.75. The summed E-state index contributed by atoms with van der Waals surface area (Å²) >= 11 is 0. The Kier molecular flexibility index (Phi) is 5.93. The van der Waals surface area contributed by atoms with Crippen LogP contribution in [-0.2, 0) is 9.84 Å². The highest BCUT2D eigenvalue weighted by molar-refractivity contribution is 7.91. The Hall–Kier alpha value is -0.0900. The third kappa shape index (κ3) is 5.87. The molecule has 1 fully saturated rings. The average Bonchev–Trinajstić information content (AvgIpc) is 2.68. The van der Waals surface area contributed by atoms with Crippen LogP contribution in [0.1, 0.15) is 46.5 Å². The van der Waals surface area contributed by atoms with Crippen molar-refractivity contribution in [1.82, 2.24) is 5.32 Å². The SMILES string of the molecule is CC(C)C(C)NCCS(=O)(=O)CC1CCCC1. The molecule has 0 aromatic heterocycles. The molecule has 3 nitrogen and oxygen atoms in total. The van der Waals surface area contributed by atoms with E-state index in [0.717, 1.165) is 12.8 Å². The standard InChI is InChI=1S/C13H27NO2S/c1-11(2)12(3)14-8-9-17(15,16)10-13-6-4-5-7-13/h11-14H,4-10H2,1-3H3. The van der Waals surface area contributed by atoms with E-state index >= 15 is 0 Å². The molecule has 1 aliphatic rings. The molecule has 17 heavy (non-hydrogen) atoms. The summed E-state index contributed by atoms with van der Waals surface area (Å²) in [5.74, 6) is 1.68. The highest BCUT2D eigenvalue weighted by atomic mass is 32.2. The van der Waals surface area contributed by atoms with Crippen LogP contribution in [0, 0.1) is 11.8 Å². The minimum Gasteiger partial charge on any atom is -0.313 e. The van der Waals surface area contributed by atoms with Crippen LogP contribution in [0.4, 0.5) is 0 Å². The number of hydrogen-bond donors (Lipinski definition) is 1. The third-order valence-electron chi connectivity index (χ3n) is 3.84. The maximum absolute atomic E-state index is 11.9. The average molecular weight is 261 g/mol. The molecule has 0 saturated heterocycles. The Balaban J connectivity index is 2.24. The first-order valence-electron chi connectivity index (χ1n) is 6.84. The van der Waals surface area contributed by atoms with Gasteiger partial charge in [-0.2, -0.15) is 0 Å². The summed E-state index contributed by atoms with van der Waals surface area (Å²) in [6.45, 7) is 6.98. The van der Waals surface area contributed by atoms with Gasteiger partial charge < -0.3 is 5.32 Å². The molecule has 0 bridgehead atoms. The van der Waals surface area contributed by atoms with Crippen LogP contribution in [0.15, 0.2) is 0 Å². The predicted molar refractivity (Wildman–Crippen MR) is 72.9 cm³/mol. The van der Waals surface area contributed by atoms with Gasteiger partial charge in [-0.3, -0.25) is 0 Å². The number of sulfone groups is 1. The summed E-state index contributed by atoms with van der Waals surface area (Å²) in [5, 5.41) is 3.28. The van der Waals surface area contributed by atoms with Gasteiger partial charge in [0, 0.05) is 12.6 Å². The Morgan fingerprint density at radius 3 is 2.29 bits per heavy atom. The lowest BCUT2D eigenvalue weighted by Crippen LogP contribution is -2.35. The molecular weight excluding hydrogens is 234 g/mol. The molecule has 1 rings (SSSR count). The Morgan fingerprint density at radius 1 is 1.18 bits per heavy atom. The van der Waals surface area contributed by atoms with Crippen LogP contribution in [0.5, 0.6) is 0 Å². The second kappa shape index (κ2) is 6.74. The second-order valence-corrected chi connectivity index (χ2v) is 7.98. The van der Waals surface area contributed by atoms with E-state index in [2.05, 4.69) is 26.1 Å². The predicted octanol–water partition coefficient (Wildman–Crippen LogP) is 2.23. The highest BCUT2D eigenvalue weighted by Crippen LogP contribution is 2.25. The van der Waals surface area contributed by atoms with E-state index in [1.807, 2.05) is 0 Å². The monoisotopic (exact) mass is 261 g/mol. The first-order chi connectivity index (χ1) is 7.91. The summed E-state index contributed by atoms with van der Waals surface area (Å²) < 4.78 is 23.8. The van der Waals surface area contributed by atoms with Gasteiger partial charge in [0.05, 0.1) is 11.5 Å². The maximum Gasteiger partial charge on any atom is 0.151 e. The topological polar surface area (TPSA) is 46.2 Å². The van der Waals surface area contributed by atoms with E-state index < -0.39 is 9.84 Å². The fourth-order valence-corrected chi connectivity index (χ4v) is 3.94. The molecule has 0 amide bonds. The molecule has 1 aliphatic carbocycles. The van der Waals surface area contributed by atoms with Gasteiger partial charge in [0.25, 0.3) is 0 Å². The van der Waals surface area contributed by atoms with Crippen molar-refractivity contribution in [2.24, 2.45) is 11.8 Å². The number of rotatable bonds is 7. The Bertz CT molecular complexity index is 305. The molecule has 102 valence electrons. The lowest BCUT2D eigenvalue weighted by molar-refractivity contribution is 0.436. The Morgan fingerprint density at radius 2 is 1.76 bits per heavy atom. The summed E-state index contributed by atoms with van der Waals surface area (Å²) in [5.41, 5.74) is 0. The zero-order valence-corrected chi connectivity index (χ0v) is 12.2. The maximum atomic E-state index is 11.9. The molecule has 0 aromatic rings. The summed E-state index contributed by atoms with van der Waals surface area (Å²) in [7, 11) is -2.85. The van der Waals surface area contributed by atoms with Gasteiger partial charge in [-0.05, 0) is 31.6 Å². The van der Waals surface area contributed by atoms with Gasteiger partial charge in [0.1, 0.15) is 0 Å². The zero-order valence-electron chi connectivity index (χ0n) is 11.4. The van der Waals surface area contributed by atoms with Gasteiger partial charge in [0.15, 0.2) is 9.84 Å². The summed E-state index contributed by atoms with van der Waals surface area (Å²) in [4.78, 5) is 0. The molecule has 1 saturated carbocycles. The van der Waals surface area contributed by atoms with Gasteiger partial charge in [-0.1, -0.05) is 26.7 Å². The quantitative estimate of drug-likeness (QED) is 0.764. The highest BCUT2D eigenvalue weighted by Gasteiger charge is 2.22. The van der Waals surface area contributed by atoms with Crippen molar-refractivity contribution in [2.45, 2.75) is 52.5 Å². The van der Waals surface area contributed by atoms with Crippen LogP contribution >= 0.6 is 0 Å². The first kappa shape index (κ1) is 15.0. The van der Waals surface area contributed by atoms with Crippen molar-refractivity contribution in [2.75, 3.05) is 18.1 Å².